The van der Waals surface area contributed by atoms with Crippen LogP contribution in [0.25, 0.3) is 0 Å². The number of hydrogen-bond acceptors (Lipinski definition) is 4. The van der Waals surface area contributed by atoms with Gasteiger partial charge < -0.3 is 20.1 Å². The lowest BCUT2D eigenvalue weighted by Gasteiger charge is -2.41. The molecule has 1 aliphatic heterocycles. The van der Waals surface area contributed by atoms with Gasteiger partial charge in [0.15, 0.2) is 0 Å². The van der Waals surface area contributed by atoms with Crippen molar-refractivity contribution < 1.29 is 29.6 Å². The number of carbonyl (C=O) groups is 2. The molecule has 5 atom stereocenters. The Morgan fingerprint density at radius 1 is 1.38 bits per heavy atom. The van der Waals surface area contributed by atoms with E-state index in [1.165, 1.54) is 0 Å². The van der Waals surface area contributed by atoms with E-state index < -0.39 is 42.1 Å². The summed E-state index contributed by atoms with van der Waals surface area (Å²) in [6, 6.07) is 0. The zero-order chi connectivity index (χ0) is 15.9. The third-order valence-corrected chi connectivity index (χ3v) is 5.07. The SMILES string of the molecule is C=C(C(=O)O)[C@H]1O[C@@]2(CO)CC[C@H](C(C)C)[C@H]1[C@@H]2C(=O)O. The zero-order valence-corrected chi connectivity index (χ0v) is 12.3. The molecule has 1 aliphatic carbocycles. The van der Waals surface area contributed by atoms with E-state index in [2.05, 4.69) is 6.58 Å². The van der Waals surface area contributed by atoms with Crippen LogP contribution < -0.4 is 0 Å². The summed E-state index contributed by atoms with van der Waals surface area (Å²) < 4.78 is 5.79. The van der Waals surface area contributed by atoms with Gasteiger partial charge in [0.25, 0.3) is 0 Å². The molecule has 118 valence electrons. The largest absolute Gasteiger partial charge is 0.481 e. The second kappa shape index (κ2) is 5.42. The summed E-state index contributed by atoms with van der Waals surface area (Å²) in [6.07, 6.45) is 0.282. The highest BCUT2D eigenvalue weighted by Gasteiger charge is 2.64. The first-order chi connectivity index (χ1) is 9.75. The number of fused-ring (bicyclic) bond motifs is 2. The van der Waals surface area contributed by atoms with Gasteiger partial charge in [0, 0.05) is 5.92 Å². The van der Waals surface area contributed by atoms with Crippen molar-refractivity contribution in [1.82, 2.24) is 0 Å². The number of aliphatic hydroxyl groups excluding tert-OH is 1. The number of hydrogen-bond donors (Lipinski definition) is 3. The summed E-state index contributed by atoms with van der Waals surface area (Å²) in [7, 11) is 0. The van der Waals surface area contributed by atoms with Crippen LogP contribution in [0.2, 0.25) is 0 Å². The molecule has 2 bridgehead atoms. The molecule has 21 heavy (non-hydrogen) atoms. The van der Waals surface area contributed by atoms with E-state index in [1.807, 2.05) is 13.8 Å². The number of carboxylic acid groups (broad SMARTS) is 2. The predicted molar refractivity (Wildman–Crippen MR) is 73.6 cm³/mol. The molecule has 1 saturated carbocycles. The van der Waals surface area contributed by atoms with E-state index in [0.717, 1.165) is 6.42 Å². The maximum absolute atomic E-state index is 11.7. The first-order valence-electron chi connectivity index (χ1n) is 7.18. The van der Waals surface area contributed by atoms with Crippen LogP contribution >= 0.6 is 0 Å². The maximum Gasteiger partial charge on any atom is 0.333 e. The van der Waals surface area contributed by atoms with Gasteiger partial charge in [-0.25, -0.2) is 4.79 Å². The fourth-order valence-corrected chi connectivity index (χ4v) is 4.03. The molecule has 0 amide bonds. The highest BCUT2D eigenvalue weighted by molar-refractivity contribution is 5.87. The first-order valence-corrected chi connectivity index (χ1v) is 7.18. The number of ether oxygens (including phenoxy) is 1. The van der Waals surface area contributed by atoms with Crippen molar-refractivity contribution in [3.05, 3.63) is 12.2 Å². The normalized spacial score (nSPS) is 38.5. The van der Waals surface area contributed by atoms with Gasteiger partial charge in [0.2, 0.25) is 0 Å². The topological polar surface area (TPSA) is 104 Å². The van der Waals surface area contributed by atoms with Gasteiger partial charge in [-0.2, -0.15) is 0 Å². The Labute approximate surface area is 123 Å². The van der Waals surface area contributed by atoms with E-state index in [9.17, 15) is 24.9 Å². The molecule has 0 aromatic rings. The van der Waals surface area contributed by atoms with E-state index in [1.54, 1.807) is 0 Å². The Hall–Kier alpha value is -1.40. The molecule has 6 nitrogen and oxygen atoms in total. The smallest absolute Gasteiger partial charge is 0.333 e. The van der Waals surface area contributed by atoms with Gasteiger partial charge >= 0.3 is 11.9 Å². The lowest BCUT2D eigenvalue weighted by molar-refractivity contribution is -0.157. The molecule has 0 radical (unpaired) electrons. The molecule has 1 saturated heterocycles. The van der Waals surface area contributed by atoms with Crippen LogP contribution in [-0.4, -0.2) is 45.6 Å². The molecular formula is C15H22O6. The third kappa shape index (κ3) is 2.36. The monoisotopic (exact) mass is 298 g/mol. The second-order valence-corrected chi connectivity index (χ2v) is 6.43. The van der Waals surface area contributed by atoms with Crippen molar-refractivity contribution in [1.29, 1.82) is 0 Å². The molecule has 1 heterocycles. The van der Waals surface area contributed by atoms with Crippen LogP contribution in [0.1, 0.15) is 26.7 Å². The second-order valence-electron chi connectivity index (χ2n) is 6.43. The van der Waals surface area contributed by atoms with Gasteiger partial charge in [-0.05, 0) is 24.7 Å². The molecular weight excluding hydrogens is 276 g/mol. The van der Waals surface area contributed by atoms with Crippen molar-refractivity contribution in [2.75, 3.05) is 6.61 Å². The summed E-state index contributed by atoms with van der Waals surface area (Å²) in [5, 5.41) is 28.4. The summed E-state index contributed by atoms with van der Waals surface area (Å²) in [4.78, 5) is 22.9. The fourth-order valence-electron chi connectivity index (χ4n) is 4.03. The molecule has 0 unspecified atom stereocenters. The Balaban J connectivity index is 2.48. The van der Waals surface area contributed by atoms with Gasteiger partial charge in [0.05, 0.1) is 24.2 Å². The number of carboxylic acids is 2. The lowest BCUT2D eigenvalue weighted by Crippen LogP contribution is -2.50. The quantitative estimate of drug-likeness (QED) is 0.658. The van der Waals surface area contributed by atoms with Crippen LogP contribution in [0, 0.1) is 23.7 Å². The Kier molecular flexibility index (Phi) is 4.13. The van der Waals surface area contributed by atoms with Crippen LogP contribution in [0.15, 0.2) is 12.2 Å². The van der Waals surface area contributed by atoms with E-state index >= 15 is 0 Å². The average Bonchev–Trinajstić information content (AvgIpc) is 2.65. The molecule has 0 aromatic carbocycles. The first kappa shape index (κ1) is 16.0. The summed E-state index contributed by atoms with van der Waals surface area (Å²) in [6.45, 7) is 7.12. The maximum atomic E-state index is 11.7. The molecule has 6 heteroatoms. The van der Waals surface area contributed by atoms with Gasteiger partial charge in [-0.15, -0.1) is 0 Å². The minimum Gasteiger partial charge on any atom is -0.481 e. The third-order valence-electron chi connectivity index (χ3n) is 5.07. The number of aliphatic hydroxyl groups is 1. The predicted octanol–water partition coefficient (Wildman–Crippen LogP) is 1.14. The highest BCUT2D eigenvalue weighted by Crippen LogP contribution is 2.55. The average molecular weight is 298 g/mol. The van der Waals surface area contributed by atoms with E-state index in [4.69, 9.17) is 4.74 Å². The van der Waals surface area contributed by atoms with Crippen molar-refractivity contribution in [3.8, 4) is 0 Å². The van der Waals surface area contributed by atoms with E-state index in [0.29, 0.717) is 6.42 Å². The minimum atomic E-state index is -1.19. The van der Waals surface area contributed by atoms with Crippen molar-refractivity contribution >= 4 is 11.9 Å². The Bertz CT molecular complexity index is 471. The summed E-state index contributed by atoms with van der Waals surface area (Å²) >= 11 is 0. The molecule has 0 spiro atoms. The highest BCUT2D eigenvalue weighted by atomic mass is 16.5. The van der Waals surface area contributed by atoms with Crippen molar-refractivity contribution in [2.45, 2.75) is 38.4 Å². The molecule has 0 aromatic heterocycles. The molecule has 3 N–H and O–H groups in total. The number of rotatable bonds is 5. The van der Waals surface area contributed by atoms with E-state index in [-0.39, 0.29) is 17.4 Å². The summed E-state index contributed by atoms with van der Waals surface area (Å²) in [5.41, 5.74) is -1.32. The van der Waals surface area contributed by atoms with Gasteiger partial charge in [-0.3, -0.25) is 4.79 Å². The molecule has 2 aliphatic rings. The lowest BCUT2D eigenvalue weighted by atomic mass is 9.61. The standard InChI is InChI=1S/C15H22O6/c1-7(2)9-4-5-15(6-16)11(14(19)20)10(9)12(21-15)8(3)13(17)18/h7,9-12,16H,3-6H2,1-2H3,(H,17,18)(H,19,20)/t9-,10+,11-,12-,15-/m1/s1. The van der Waals surface area contributed by atoms with Gasteiger partial charge in [-0.1, -0.05) is 20.4 Å². The van der Waals surface area contributed by atoms with Crippen molar-refractivity contribution in [2.24, 2.45) is 23.7 Å². The van der Waals surface area contributed by atoms with Crippen LogP contribution in [0.3, 0.4) is 0 Å². The molecule has 2 fully saturated rings. The fraction of sp³-hybridized carbons (Fsp3) is 0.733. The summed E-state index contributed by atoms with van der Waals surface area (Å²) in [5.74, 6) is -3.35. The van der Waals surface area contributed by atoms with Crippen LogP contribution in [0.4, 0.5) is 0 Å². The van der Waals surface area contributed by atoms with Crippen molar-refractivity contribution in [3.63, 3.8) is 0 Å². The van der Waals surface area contributed by atoms with Crippen LogP contribution in [-0.2, 0) is 14.3 Å². The Morgan fingerprint density at radius 3 is 2.43 bits per heavy atom. The Morgan fingerprint density at radius 2 is 2.00 bits per heavy atom. The van der Waals surface area contributed by atoms with Gasteiger partial charge in [0.1, 0.15) is 5.60 Å². The zero-order valence-electron chi connectivity index (χ0n) is 12.3. The van der Waals surface area contributed by atoms with Crippen LogP contribution in [0.5, 0.6) is 0 Å². The minimum absolute atomic E-state index is 0.0365. The number of aliphatic carboxylic acids is 2. The molecule has 2 rings (SSSR count).